The lowest BCUT2D eigenvalue weighted by Gasteiger charge is -2.24. The minimum Gasteiger partial charge on any atom is -0.462 e. The van der Waals surface area contributed by atoms with Crippen LogP contribution in [0.15, 0.2) is 12.3 Å². The van der Waals surface area contributed by atoms with Crippen LogP contribution in [0.1, 0.15) is 19.7 Å². The Kier molecular flexibility index (Phi) is 7.36. The first-order valence-corrected chi connectivity index (χ1v) is 11.9. The molecule has 0 aliphatic carbocycles. The Morgan fingerprint density at radius 1 is 1.32 bits per heavy atom. The summed E-state index contributed by atoms with van der Waals surface area (Å²) in [6.07, 6.45) is 9.32. The van der Waals surface area contributed by atoms with Gasteiger partial charge in [0.2, 0.25) is 0 Å². The predicted octanol–water partition coefficient (Wildman–Crippen LogP) is 2.45. The van der Waals surface area contributed by atoms with Crippen molar-refractivity contribution in [1.82, 2.24) is 24.5 Å². The highest BCUT2D eigenvalue weighted by molar-refractivity contribution is 8.32. The molecule has 10 heteroatoms. The molecule has 0 saturated heterocycles. The fourth-order valence-corrected chi connectivity index (χ4v) is 3.09. The van der Waals surface area contributed by atoms with Crippen LogP contribution in [0.5, 0.6) is 0 Å². The molecule has 0 aliphatic rings. The molecular weight excluding hydrogens is 385 g/mol. The van der Waals surface area contributed by atoms with Gasteiger partial charge in [-0.15, -0.1) is 10.2 Å². The van der Waals surface area contributed by atoms with E-state index in [-0.39, 0.29) is 36.3 Å². The molecule has 0 amide bonds. The van der Waals surface area contributed by atoms with E-state index in [1.807, 2.05) is 0 Å². The number of nitrogens with zero attached hydrogens (tertiary/aromatic N) is 5. The topological polar surface area (TPSA) is 84.1 Å². The van der Waals surface area contributed by atoms with Gasteiger partial charge < -0.3 is 9.47 Å². The monoisotopic (exact) mass is 413 g/mol. The second-order valence-corrected chi connectivity index (χ2v) is 11.6. The molecule has 0 bridgehead atoms. The lowest BCUT2D eigenvalue weighted by Crippen LogP contribution is -2.16. The third kappa shape index (κ3) is 5.20. The van der Waals surface area contributed by atoms with Crippen LogP contribution in [0.25, 0.3) is 17.1 Å². The van der Waals surface area contributed by atoms with E-state index in [0.717, 1.165) is 11.9 Å². The summed E-state index contributed by atoms with van der Waals surface area (Å²) in [7, 11) is 0.905. The van der Waals surface area contributed by atoms with Crippen LogP contribution < -0.4 is 0 Å². The van der Waals surface area contributed by atoms with Crippen LogP contribution in [-0.2, 0) is 28.0 Å². The van der Waals surface area contributed by atoms with Crippen molar-refractivity contribution in [2.45, 2.75) is 20.6 Å². The highest BCUT2D eigenvalue weighted by atomic mass is 32.3. The second kappa shape index (κ2) is 9.33. The number of hydrogen-bond acceptors (Lipinski definition) is 6. The number of halogens is 1. The predicted molar refractivity (Wildman–Crippen MR) is 109 cm³/mol. The first-order valence-electron chi connectivity index (χ1n) is 8.88. The van der Waals surface area contributed by atoms with Crippen molar-refractivity contribution in [3.05, 3.63) is 23.9 Å². The Bertz CT molecular complexity index is 835. The van der Waals surface area contributed by atoms with Crippen molar-refractivity contribution in [2.75, 3.05) is 37.7 Å². The van der Waals surface area contributed by atoms with Gasteiger partial charge in [-0.2, -0.15) is 5.10 Å². The molecule has 2 aromatic rings. The third-order valence-corrected chi connectivity index (χ3v) is 5.33. The molecule has 0 atom stereocenters. The number of rotatable bonds is 9. The van der Waals surface area contributed by atoms with Gasteiger partial charge in [-0.3, -0.25) is 9.25 Å². The largest absolute Gasteiger partial charge is 0.462 e. The molecule has 2 rings (SSSR count). The van der Waals surface area contributed by atoms with E-state index in [2.05, 4.69) is 34.1 Å². The fraction of sp³-hybridized carbons (Fsp3) is 0.556. The van der Waals surface area contributed by atoms with E-state index < -0.39 is 21.8 Å². The summed E-state index contributed by atoms with van der Waals surface area (Å²) in [5.74, 6) is 0.377. The second-order valence-electron chi connectivity index (χ2n) is 7.00. The van der Waals surface area contributed by atoms with Crippen LogP contribution >= 0.6 is 10.0 Å². The minimum absolute atomic E-state index is 0.0779. The summed E-state index contributed by atoms with van der Waals surface area (Å²) in [5.41, 5.74) is 0.413. The van der Waals surface area contributed by atoms with Gasteiger partial charge in [-0.05, 0) is 32.6 Å². The number of allylic oxidation sites excluding steroid dienone is 1. The molecule has 0 aliphatic heterocycles. The van der Waals surface area contributed by atoms with Gasteiger partial charge >= 0.3 is 5.97 Å². The molecule has 8 nitrogen and oxygen atoms in total. The number of aryl methyl sites for hydroxylation is 1. The molecule has 0 radical (unpaired) electrons. The Morgan fingerprint density at radius 2 is 2.04 bits per heavy atom. The average Bonchev–Trinajstić information content (AvgIpc) is 3.15. The number of hydrogen-bond donors (Lipinski definition) is 0. The highest BCUT2D eigenvalue weighted by Crippen LogP contribution is 2.33. The Labute approximate surface area is 166 Å². The van der Waals surface area contributed by atoms with Crippen molar-refractivity contribution < 1.29 is 18.7 Å². The first-order chi connectivity index (χ1) is 13.2. The van der Waals surface area contributed by atoms with Gasteiger partial charge in [0.15, 0.2) is 17.5 Å². The van der Waals surface area contributed by atoms with Crippen LogP contribution in [-0.4, -0.2) is 68.2 Å². The van der Waals surface area contributed by atoms with Crippen molar-refractivity contribution in [3.8, 4) is 11.5 Å². The Hall–Kier alpha value is -2.20. The van der Waals surface area contributed by atoms with E-state index in [9.17, 15) is 9.18 Å². The third-order valence-electron chi connectivity index (χ3n) is 3.94. The number of esters is 1. The summed E-state index contributed by atoms with van der Waals surface area (Å²) < 4.78 is 28.2. The average molecular weight is 414 g/mol. The smallest absolute Gasteiger partial charge is 0.341 e. The molecular formula is C18H28FN5O3S. The van der Waals surface area contributed by atoms with Gasteiger partial charge in [-0.1, -0.05) is 6.08 Å². The molecule has 0 fully saturated rings. The maximum Gasteiger partial charge on any atom is 0.341 e. The fourth-order valence-electron chi connectivity index (χ4n) is 2.47. The zero-order chi connectivity index (χ0) is 20.9. The van der Waals surface area contributed by atoms with Crippen molar-refractivity contribution >= 4 is 21.6 Å². The van der Waals surface area contributed by atoms with E-state index >= 15 is 0 Å². The van der Waals surface area contributed by atoms with Crippen molar-refractivity contribution in [2.24, 2.45) is 7.05 Å². The van der Waals surface area contributed by atoms with Gasteiger partial charge in [0.1, 0.15) is 18.0 Å². The van der Waals surface area contributed by atoms with Crippen LogP contribution in [0.3, 0.4) is 0 Å². The summed E-state index contributed by atoms with van der Waals surface area (Å²) in [5, 5.41) is 12.1. The van der Waals surface area contributed by atoms with Gasteiger partial charge in [-0.25, -0.2) is 19.2 Å². The molecule has 0 unspecified atom stereocenters. The van der Waals surface area contributed by atoms with E-state index in [1.165, 1.54) is 4.68 Å². The molecule has 0 aromatic carbocycles. The Morgan fingerprint density at radius 3 is 2.57 bits per heavy atom. The van der Waals surface area contributed by atoms with Gasteiger partial charge in [0.05, 0.1) is 19.4 Å². The zero-order valence-electron chi connectivity index (χ0n) is 17.2. The maximum absolute atomic E-state index is 14.3. The van der Waals surface area contributed by atoms with Crippen LogP contribution in [0.2, 0.25) is 0 Å². The molecule has 156 valence electrons. The molecule has 28 heavy (non-hydrogen) atoms. The number of ether oxygens (including phenoxy) is 2. The van der Waals surface area contributed by atoms with Gasteiger partial charge in [0.25, 0.3) is 0 Å². The molecule has 2 aromatic heterocycles. The van der Waals surface area contributed by atoms with Gasteiger partial charge in [0, 0.05) is 12.8 Å². The standard InChI is InChI=1S/C18H28FN5O3S/c1-7-13(18(25)27-8-2)16-21-22-17(15-14(19)11-20-23(15)3)24(16)12-26-9-10-28(4,5)6/h7,11H,8-10,12H2,1-6H3/b13-7-. The molecule has 2 heterocycles. The van der Waals surface area contributed by atoms with Crippen LogP contribution in [0, 0.1) is 5.82 Å². The first kappa shape index (κ1) is 22.1. The SMILES string of the molecule is C/C=C(\C(=O)OCC)c1nnc(-c2c(F)cnn2C)n1COCCS(C)(C)C. The quantitative estimate of drug-likeness (QED) is 0.357. The molecule has 0 spiro atoms. The summed E-state index contributed by atoms with van der Waals surface area (Å²) >= 11 is 0. The normalized spacial score (nSPS) is 13.0. The molecule has 0 N–H and O–H groups in total. The van der Waals surface area contributed by atoms with Crippen molar-refractivity contribution in [3.63, 3.8) is 0 Å². The number of carbonyl (C=O) groups excluding carboxylic acids is 1. The van der Waals surface area contributed by atoms with Crippen LogP contribution in [0.4, 0.5) is 4.39 Å². The van der Waals surface area contributed by atoms with E-state index in [1.54, 1.807) is 31.5 Å². The number of aromatic nitrogens is 5. The van der Waals surface area contributed by atoms with E-state index in [4.69, 9.17) is 9.47 Å². The molecule has 0 saturated carbocycles. The highest BCUT2D eigenvalue weighted by Gasteiger charge is 2.25. The van der Waals surface area contributed by atoms with Crippen molar-refractivity contribution in [1.29, 1.82) is 0 Å². The lowest BCUT2D eigenvalue weighted by atomic mass is 10.2. The minimum atomic E-state index is -0.709. The lowest BCUT2D eigenvalue weighted by molar-refractivity contribution is -0.136. The van der Waals surface area contributed by atoms with E-state index in [0.29, 0.717) is 6.61 Å². The zero-order valence-corrected chi connectivity index (χ0v) is 18.0. The maximum atomic E-state index is 14.3. The summed E-state index contributed by atoms with van der Waals surface area (Å²) in [6, 6.07) is 0. The Balaban J connectivity index is 2.41. The summed E-state index contributed by atoms with van der Waals surface area (Å²) in [6.45, 7) is 4.28. The summed E-state index contributed by atoms with van der Waals surface area (Å²) in [4.78, 5) is 12.3. The number of carbonyl (C=O) groups is 1.